The molecular weight excluding hydrogens is 284 g/mol. The number of hydrogen-bond acceptors (Lipinski definition) is 1. The first-order valence-electron chi connectivity index (χ1n) is 3.65. The monoisotopic (exact) mass is 288 g/mol. The van der Waals surface area contributed by atoms with Crippen molar-refractivity contribution in [1.29, 1.82) is 0 Å². The molecular formula is C9H6Br2O. The maximum absolute atomic E-state index is 11.1. The summed E-state index contributed by atoms with van der Waals surface area (Å²) in [6, 6.07) is 4.04. The molecule has 0 heterocycles. The number of carbonyl (C=O) groups is 1. The first-order chi connectivity index (χ1) is 5.66. The van der Waals surface area contributed by atoms with E-state index in [1.165, 1.54) is 0 Å². The predicted octanol–water partition coefficient (Wildman–Crippen LogP) is 2.88. The summed E-state index contributed by atoms with van der Waals surface area (Å²) >= 11 is 6.82. The second-order valence-electron chi connectivity index (χ2n) is 2.93. The standard InChI is InChI=1S/C9H6Br2O/c10-8-3-5-1-7(12)2-6(5)4-9(8)11/h3-4H,1-2H2. The van der Waals surface area contributed by atoms with E-state index in [2.05, 4.69) is 31.9 Å². The van der Waals surface area contributed by atoms with Gasteiger partial charge in [-0.2, -0.15) is 0 Å². The molecule has 1 aromatic carbocycles. The van der Waals surface area contributed by atoms with Crippen LogP contribution in [0.5, 0.6) is 0 Å². The molecule has 62 valence electrons. The Morgan fingerprint density at radius 2 is 1.42 bits per heavy atom. The summed E-state index contributed by atoms with van der Waals surface area (Å²) in [6.07, 6.45) is 1.20. The smallest absolute Gasteiger partial charge is 0.141 e. The average molecular weight is 290 g/mol. The number of fused-ring (bicyclic) bond motifs is 1. The lowest BCUT2D eigenvalue weighted by atomic mass is 10.1. The minimum atomic E-state index is 0.315. The van der Waals surface area contributed by atoms with Crippen molar-refractivity contribution in [2.24, 2.45) is 0 Å². The van der Waals surface area contributed by atoms with Gasteiger partial charge in [-0.15, -0.1) is 0 Å². The fourth-order valence-corrected chi connectivity index (χ4v) is 2.23. The molecule has 0 radical (unpaired) electrons. The van der Waals surface area contributed by atoms with E-state index >= 15 is 0 Å². The maximum Gasteiger partial charge on any atom is 0.141 e. The Bertz CT molecular complexity index is 325. The lowest BCUT2D eigenvalue weighted by Crippen LogP contribution is -1.92. The third kappa shape index (κ3) is 1.36. The molecule has 0 fully saturated rings. The second kappa shape index (κ2) is 2.96. The van der Waals surface area contributed by atoms with Crippen LogP contribution in [0.1, 0.15) is 11.1 Å². The number of Topliss-reactive ketones (excluding diaryl/α,β-unsaturated/α-hetero) is 1. The highest BCUT2D eigenvalue weighted by Gasteiger charge is 2.19. The van der Waals surface area contributed by atoms with Crippen molar-refractivity contribution in [3.8, 4) is 0 Å². The van der Waals surface area contributed by atoms with Gasteiger partial charge in [-0.3, -0.25) is 4.79 Å². The van der Waals surface area contributed by atoms with Crippen LogP contribution in [0.25, 0.3) is 0 Å². The van der Waals surface area contributed by atoms with Crippen molar-refractivity contribution in [1.82, 2.24) is 0 Å². The molecule has 1 nitrogen and oxygen atoms in total. The van der Waals surface area contributed by atoms with Gasteiger partial charge in [0.05, 0.1) is 0 Å². The van der Waals surface area contributed by atoms with Crippen molar-refractivity contribution < 1.29 is 4.79 Å². The molecule has 0 aliphatic heterocycles. The number of ketones is 1. The normalized spacial score (nSPS) is 15.0. The Balaban J connectivity index is 2.55. The molecule has 2 rings (SSSR count). The van der Waals surface area contributed by atoms with Gasteiger partial charge in [0.2, 0.25) is 0 Å². The average Bonchev–Trinajstić information content (AvgIpc) is 2.30. The summed E-state index contributed by atoms with van der Waals surface area (Å²) < 4.78 is 2.05. The van der Waals surface area contributed by atoms with E-state index in [1.54, 1.807) is 0 Å². The van der Waals surface area contributed by atoms with E-state index in [9.17, 15) is 4.79 Å². The largest absolute Gasteiger partial charge is 0.299 e. The van der Waals surface area contributed by atoms with Gasteiger partial charge in [0.1, 0.15) is 5.78 Å². The molecule has 3 heteroatoms. The SMILES string of the molecule is O=C1Cc2cc(Br)c(Br)cc2C1. The lowest BCUT2D eigenvalue weighted by molar-refractivity contribution is -0.117. The molecule has 1 aliphatic rings. The number of halogens is 2. The van der Waals surface area contributed by atoms with Gasteiger partial charge >= 0.3 is 0 Å². The van der Waals surface area contributed by atoms with E-state index in [1.807, 2.05) is 12.1 Å². The van der Waals surface area contributed by atoms with Gasteiger partial charge in [-0.1, -0.05) is 0 Å². The Morgan fingerprint density at radius 3 is 1.83 bits per heavy atom. The maximum atomic E-state index is 11.1. The van der Waals surface area contributed by atoms with Gasteiger partial charge in [0.25, 0.3) is 0 Å². The second-order valence-corrected chi connectivity index (χ2v) is 4.64. The number of carbonyl (C=O) groups excluding carboxylic acids is 1. The third-order valence-electron chi connectivity index (χ3n) is 2.02. The van der Waals surface area contributed by atoms with Gasteiger partial charge < -0.3 is 0 Å². The molecule has 1 aromatic rings. The predicted molar refractivity (Wildman–Crippen MR) is 54.3 cm³/mol. The van der Waals surface area contributed by atoms with Crippen molar-refractivity contribution in [2.75, 3.05) is 0 Å². The molecule has 0 N–H and O–H groups in total. The third-order valence-corrected chi connectivity index (χ3v) is 3.86. The Kier molecular flexibility index (Phi) is 2.09. The number of hydrogen-bond donors (Lipinski definition) is 0. The summed E-state index contributed by atoms with van der Waals surface area (Å²) in [5.41, 5.74) is 2.32. The van der Waals surface area contributed by atoms with E-state index in [4.69, 9.17) is 0 Å². The summed E-state index contributed by atoms with van der Waals surface area (Å²) in [5.74, 6) is 0.315. The quantitative estimate of drug-likeness (QED) is 0.718. The molecule has 0 bridgehead atoms. The van der Waals surface area contributed by atoms with Crippen molar-refractivity contribution in [2.45, 2.75) is 12.8 Å². The van der Waals surface area contributed by atoms with Crippen LogP contribution in [0.4, 0.5) is 0 Å². The fourth-order valence-electron chi connectivity index (χ4n) is 1.45. The lowest BCUT2D eigenvalue weighted by Gasteiger charge is -2.00. The first-order valence-corrected chi connectivity index (χ1v) is 5.24. The zero-order chi connectivity index (χ0) is 8.72. The minimum Gasteiger partial charge on any atom is -0.299 e. The van der Waals surface area contributed by atoms with Gasteiger partial charge in [-0.25, -0.2) is 0 Å². The Labute approximate surface area is 87.4 Å². The minimum absolute atomic E-state index is 0.315. The van der Waals surface area contributed by atoms with Crippen molar-refractivity contribution in [3.63, 3.8) is 0 Å². The highest BCUT2D eigenvalue weighted by molar-refractivity contribution is 9.13. The molecule has 0 unspecified atom stereocenters. The summed E-state index contributed by atoms with van der Waals surface area (Å²) in [5, 5.41) is 0. The van der Waals surface area contributed by atoms with Gasteiger partial charge in [0.15, 0.2) is 0 Å². The van der Waals surface area contributed by atoms with Crippen LogP contribution in [0, 0.1) is 0 Å². The van der Waals surface area contributed by atoms with E-state index in [0.717, 1.165) is 20.1 Å². The molecule has 0 saturated heterocycles. The van der Waals surface area contributed by atoms with Crippen LogP contribution in [-0.2, 0) is 17.6 Å². The molecule has 12 heavy (non-hydrogen) atoms. The first kappa shape index (κ1) is 8.45. The van der Waals surface area contributed by atoms with Crippen LogP contribution in [0.2, 0.25) is 0 Å². The van der Waals surface area contributed by atoms with Crippen LogP contribution >= 0.6 is 31.9 Å². The van der Waals surface area contributed by atoms with Crippen LogP contribution in [0.3, 0.4) is 0 Å². The molecule has 1 aliphatic carbocycles. The highest BCUT2D eigenvalue weighted by Crippen LogP contribution is 2.30. The van der Waals surface area contributed by atoms with Gasteiger partial charge in [0, 0.05) is 21.8 Å². The van der Waals surface area contributed by atoms with Crippen molar-refractivity contribution in [3.05, 3.63) is 32.2 Å². The molecule has 0 atom stereocenters. The summed E-state index contributed by atoms with van der Waals surface area (Å²) in [7, 11) is 0. The molecule has 0 saturated carbocycles. The molecule has 0 amide bonds. The zero-order valence-corrected chi connectivity index (χ0v) is 9.41. The summed E-state index contributed by atoms with van der Waals surface area (Å²) in [6.45, 7) is 0. The molecule has 0 aromatic heterocycles. The van der Waals surface area contributed by atoms with Crippen LogP contribution in [-0.4, -0.2) is 5.78 Å². The van der Waals surface area contributed by atoms with E-state index in [0.29, 0.717) is 18.6 Å². The van der Waals surface area contributed by atoms with E-state index < -0.39 is 0 Å². The Morgan fingerprint density at radius 1 is 1.00 bits per heavy atom. The number of rotatable bonds is 0. The van der Waals surface area contributed by atoms with Crippen molar-refractivity contribution >= 4 is 37.6 Å². The van der Waals surface area contributed by atoms with Crippen LogP contribution in [0.15, 0.2) is 21.1 Å². The number of benzene rings is 1. The Hall–Kier alpha value is -0.150. The van der Waals surface area contributed by atoms with E-state index in [-0.39, 0.29) is 0 Å². The summed E-state index contributed by atoms with van der Waals surface area (Å²) in [4.78, 5) is 11.1. The topological polar surface area (TPSA) is 17.1 Å². The zero-order valence-electron chi connectivity index (χ0n) is 6.23. The van der Waals surface area contributed by atoms with Crippen LogP contribution < -0.4 is 0 Å². The fraction of sp³-hybridized carbons (Fsp3) is 0.222. The molecule has 0 spiro atoms. The van der Waals surface area contributed by atoms with Gasteiger partial charge in [-0.05, 0) is 55.1 Å². The highest BCUT2D eigenvalue weighted by atomic mass is 79.9.